The van der Waals surface area contributed by atoms with Crippen molar-refractivity contribution in [3.8, 4) is 0 Å². The van der Waals surface area contributed by atoms with Crippen LogP contribution < -0.4 is 0 Å². The fourth-order valence-corrected chi connectivity index (χ4v) is 4.82. The molecule has 114 valence electrons. The molecular weight excluding hydrogens is 288 g/mol. The zero-order valence-electron chi connectivity index (χ0n) is 11.9. The molecule has 21 heavy (non-hydrogen) atoms. The summed E-state index contributed by atoms with van der Waals surface area (Å²) in [4.78, 5) is 10.9. The molecule has 5 nitrogen and oxygen atoms in total. The van der Waals surface area contributed by atoms with Crippen molar-refractivity contribution < 1.29 is 13.2 Å². The van der Waals surface area contributed by atoms with Gasteiger partial charge >= 0.3 is 0 Å². The summed E-state index contributed by atoms with van der Waals surface area (Å²) in [6, 6.07) is 7.98. The maximum atomic E-state index is 12.7. The molecule has 3 rings (SSSR count). The van der Waals surface area contributed by atoms with Crippen LogP contribution in [0.5, 0.6) is 0 Å². The van der Waals surface area contributed by atoms with E-state index in [0.29, 0.717) is 26.2 Å². The monoisotopic (exact) mass is 308 g/mol. The van der Waals surface area contributed by atoms with Gasteiger partial charge in [-0.1, -0.05) is 24.3 Å². The van der Waals surface area contributed by atoms with E-state index in [1.165, 1.54) is 9.87 Å². The standard InChI is InChI=1S/C15H20N2O3S/c18-12-13-4-3-8-16(10-13)21(19,20)17-9-7-14-5-1-2-6-15(14)11-17/h1-2,5-6,12-13H,3-4,7-11H2. The van der Waals surface area contributed by atoms with Crippen LogP contribution in [-0.4, -0.2) is 42.9 Å². The fraction of sp³-hybridized carbons (Fsp3) is 0.533. The van der Waals surface area contributed by atoms with Crippen molar-refractivity contribution in [2.24, 2.45) is 5.92 Å². The second-order valence-electron chi connectivity index (χ2n) is 5.76. The summed E-state index contributed by atoms with van der Waals surface area (Å²) in [5.74, 6) is -0.161. The van der Waals surface area contributed by atoms with E-state index in [1.54, 1.807) is 4.31 Å². The van der Waals surface area contributed by atoms with Crippen molar-refractivity contribution in [2.75, 3.05) is 19.6 Å². The highest BCUT2D eigenvalue weighted by atomic mass is 32.2. The molecule has 1 unspecified atom stereocenters. The van der Waals surface area contributed by atoms with Crippen LogP contribution in [0.15, 0.2) is 24.3 Å². The van der Waals surface area contributed by atoms with E-state index < -0.39 is 10.2 Å². The fourth-order valence-electron chi connectivity index (χ4n) is 3.12. The van der Waals surface area contributed by atoms with E-state index in [2.05, 4.69) is 6.07 Å². The molecule has 1 aromatic rings. The molecule has 0 radical (unpaired) electrons. The van der Waals surface area contributed by atoms with Crippen LogP contribution >= 0.6 is 0 Å². The largest absolute Gasteiger partial charge is 0.303 e. The Morgan fingerprint density at radius 2 is 1.86 bits per heavy atom. The van der Waals surface area contributed by atoms with Gasteiger partial charge < -0.3 is 4.79 Å². The van der Waals surface area contributed by atoms with E-state index in [4.69, 9.17) is 0 Å². The Balaban J connectivity index is 1.78. The smallest absolute Gasteiger partial charge is 0.282 e. The summed E-state index contributed by atoms with van der Waals surface area (Å²) < 4.78 is 28.5. The highest BCUT2D eigenvalue weighted by Gasteiger charge is 2.35. The van der Waals surface area contributed by atoms with Gasteiger partial charge in [0.05, 0.1) is 0 Å². The van der Waals surface area contributed by atoms with Crippen LogP contribution in [0.25, 0.3) is 0 Å². The van der Waals surface area contributed by atoms with Gasteiger partial charge in [-0.2, -0.15) is 17.0 Å². The Kier molecular flexibility index (Phi) is 4.10. The molecule has 0 spiro atoms. The Labute approximate surface area is 125 Å². The number of aldehydes is 1. The topological polar surface area (TPSA) is 57.7 Å². The van der Waals surface area contributed by atoms with Crippen molar-refractivity contribution in [2.45, 2.75) is 25.8 Å². The third-order valence-corrected chi connectivity index (χ3v) is 6.31. The Morgan fingerprint density at radius 1 is 1.10 bits per heavy atom. The van der Waals surface area contributed by atoms with Gasteiger partial charge in [-0.15, -0.1) is 0 Å². The zero-order valence-corrected chi connectivity index (χ0v) is 12.8. The molecule has 1 aromatic carbocycles. The Morgan fingerprint density at radius 3 is 2.62 bits per heavy atom. The first kappa shape index (κ1) is 14.7. The van der Waals surface area contributed by atoms with Crippen LogP contribution in [0, 0.1) is 5.92 Å². The maximum absolute atomic E-state index is 12.7. The first-order valence-electron chi connectivity index (χ1n) is 7.38. The minimum Gasteiger partial charge on any atom is -0.303 e. The van der Waals surface area contributed by atoms with Crippen LogP contribution in [0.3, 0.4) is 0 Å². The average molecular weight is 308 g/mol. The molecular formula is C15H20N2O3S. The van der Waals surface area contributed by atoms with Crippen molar-refractivity contribution in [3.63, 3.8) is 0 Å². The first-order valence-corrected chi connectivity index (χ1v) is 8.78. The molecule has 0 bridgehead atoms. The quantitative estimate of drug-likeness (QED) is 0.789. The minimum absolute atomic E-state index is 0.161. The molecule has 0 N–H and O–H groups in total. The molecule has 0 aromatic heterocycles. The van der Waals surface area contributed by atoms with Gasteiger partial charge in [-0.05, 0) is 30.4 Å². The number of piperidine rings is 1. The predicted octanol–water partition coefficient (Wildman–Crippen LogP) is 1.20. The van der Waals surface area contributed by atoms with E-state index in [9.17, 15) is 13.2 Å². The normalized spacial score (nSPS) is 24.5. The number of carbonyl (C=O) groups excluding carboxylic acids is 1. The van der Waals surface area contributed by atoms with Crippen LogP contribution in [0.2, 0.25) is 0 Å². The van der Waals surface area contributed by atoms with Gasteiger partial charge in [0.2, 0.25) is 0 Å². The van der Waals surface area contributed by atoms with Crippen molar-refractivity contribution >= 4 is 16.5 Å². The number of hydrogen-bond donors (Lipinski definition) is 0. The molecule has 2 heterocycles. The lowest BCUT2D eigenvalue weighted by Gasteiger charge is -2.36. The summed E-state index contributed by atoms with van der Waals surface area (Å²) in [6.45, 7) is 1.79. The predicted molar refractivity (Wildman–Crippen MR) is 79.8 cm³/mol. The molecule has 1 saturated heterocycles. The number of nitrogens with zero attached hydrogens (tertiary/aromatic N) is 2. The molecule has 0 saturated carbocycles. The van der Waals surface area contributed by atoms with E-state index in [0.717, 1.165) is 31.1 Å². The SMILES string of the molecule is O=CC1CCCN(S(=O)(=O)N2CCc3ccccc3C2)C1. The van der Waals surface area contributed by atoms with Crippen molar-refractivity contribution in [1.82, 2.24) is 8.61 Å². The van der Waals surface area contributed by atoms with Gasteiger partial charge in [0.15, 0.2) is 0 Å². The second-order valence-corrected chi connectivity index (χ2v) is 7.68. The summed E-state index contributed by atoms with van der Waals surface area (Å²) in [6.07, 6.45) is 3.18. The maximum Gasteiger partial charge on any atom is 0.282 e. The van der Waals surface area contributed by atoms with Crippen LogP contribution in [0.1, 0.15) is 24.0 Å². The summed E-state index contributed by atoms with van der Waals surface area (Å²) in [5.41, 5.74) is 2.31. The lowest BCUT2D eigenvalue weighted by atomic mass is 10.0. The van der Waals surface area contributed by atoms with Gasteiger partial charge in [-0.3, -0.25) is 0 Å². The van der Waals surface area contributed by atoms with E-state index in [1.807, 2.05) is 18.2 Å². The zero-order chi connectivity index (χ0) is 14.9. The third-order valence-electron chi connectivity index (χ3n) is 4.36. The number of fused-ring (bicyclic) bond motifs is 1. The van der Waals surface area contributed by atoms with Crippen LogP contribution in [-0.2, 0) is 28.0 Å². The lowest BCUT2D eigenvalue weighted by molar-refractivity contribution is -0.112. The van der Waals surface area contributed by atoms with Crippen molar-refractivity contribution in [1.29, 1.82) is 0 Å². The lowest BCUT2D eigenvalue weighted by Crippen LogP contribution is -2.49. The third kappa shape index (κ3) is 2.88. The molecule has 2 aliphatic heterocycles. The second kappa shape index (κ2) is 5.87. The van der Waals surface area contributed by atoms with Crippen molar-refractivity contribution in [3.05, 3.63) is 35.4 Å². The number of rotatable bonds is 3. The Bertz CT molecular complexity index is 630. The molecule has 2 aliphatic rings. The van der Waals surface area contributed by atoms with E-state index >= 15 is 0 Å². The van der Waals surface area contributed by atoms with Gasteiger partial charge in [0.25, 0.3) is 10.2 Å². The molecule has 0 aliphatic carbocycles. The summed E-state index contributed by atoms with van der Waals surface area (Å²) in [5, 5.41) is 0. The molecule has 1 fully saturated rings. The van der Waals surface area contributed by atoms with Gasteiger partial charge in [0.1, 0.15) is 6.29 Å². The highest BCUT2D eigenvalue weighted by molar-refractivity contribution is 7.86. The van der Waals surface area contributed by atoms with Crippen LogP contribution in [0.4, 0.5) is 0 Å². The number of hydrogen-bond acceptors (Lipinski definition) is 3. The van der Waals surface area contributed by atoms with E-state index in [-0.39, 0.29) is 5.92 Å². The summed E-state index contributed by atoms with van der Waals surface area (Å²) >= 11 is 0. The van der Waals surface area contributed by atoms with Gasteiger partial charge in [0, 0.05) is 32.1 Å². The number of carbonyl (C=O) groups is 1. The molecule has 1 atom stereocenters. The molecule has 0 amide bonds. The first-order chi connectivity index (χ1) is 10.1. The average Bonchev–Trinajstić information content (AvgIpc) is 2.54. The Hall–Kier alpha value is -1.24. The minimum atomic E-state index is -3.46. The summed E-state index contributed by atoms with van der Waals surface area (Å²) in [7, 11) is -3.46. The molecule has 6 heteroatoms. The highest BCUT2D eigenvalue weighted by Crippen LogP contribution is 2.25. The number of benzene rings is 1. The van der Waals surface area contributed by atoms with Gasteiger partial charge in [-0.25, -0.2) is 0 Å².